The number of nitrogens with one attached hydrogen (secondary N) is 1. The van der Waals surface area contributed by atoms with Crippen molar-refractivity contribution < 1.29 is 9.90 Å². The van der Waals surface area contributed by atoms with Gasteiger partial charge in [0.25, 0.3) is 5.56 Å². The Hall–Kier alpha value is -2.47. The molecule has 0 aliphatic rings. The smallest absolute Gasteiger partial charge is 0.345 e. The first kappa shape index (κ1) is 12.6. The monoisotopic (exact) mass is 286 g/mol. The zero-order valence-electron chi connectivity index (χ0n) is 10.3. The molecule has 0 fully saturated rings. The van der Waals surface area contributed by atoms with Gasteiger partial charge in [-0.2, -0.15) is 0 Å². The lowest BCUT2D eigenvalue weighted by atomic mass is 10.1. The fourth-order valence-electron chi connectivity index (χ4n) is 1.95. The zero-order chi connectivity index (χ0) is 14.1. The number of carboxylic acid groups (broad SMARTS) is 1. The van der Waals surface area contributed by atoms with Gasteiger partial charge in [0.2, 0.25) is 0 Å². The third-order valence-electron chi connectivity index (χ3n) is 2.88. The van der Waals surface area contributed by atoms with Crippen LogP contribution in [0.1, 0.15) is 21.1 Å². The van der Waals surface area contributed by atoms with E-state index in [1.54, 1.807) is 0 Å². The van der Waals surface area contributed by atoms with Gasteiger partial charge in [0.1, 0.15) is 15.5 Å². The van der Waals surface area contributed by atoms with Crippen molar-refractivity contribution in [2.75, 3.05) is 0 Å². The molecule has 2 heterocycles. The predicted octanol–water partition coefficient (Wildman–Crippen LogP) is 2.27. The molecule has 2 N–H and O–H groups in total. The van der Waals surface area contributed by atoms with Crippen LogP contribution >= 0.6 is 11.3 Å². The van der Waals surface area contributed by atoms with Crippen LogP contribution in [0.15, 0.2) is 41.2 Å². The maximum atomic E-state index is 11.9. The van der Waals surface area contributed by atoms with Crippen LogP contribution in [0.4, 0.5) is 0 Å². The third kappa shape index (κ3) is 2.33. The number of rotatable bonds is 3. The number of thiophene rings is 1. The number of aromatic nitrogens is 2. The highest BCUT2D eigenvalue weighted by molar-refractivity contribution is 7.20. The van der Waals surface area contributed by atoms with Crippen LogP contribution in [0.2, 0.25) is 0 Å². The van der Waals surface area contributed by atoms with Crippen LogP contribution in [-0.4, -0.2) is 21.0 Å². The van der Waals surface area contributed by atoms with Gasteiger partial charge in [0.15, 0.2) is 0 Å². The van der Waals surface area contributed by atoms with E-state index in [1.165, 1.54) is 6.07 Å². The van der Waals surface area contributed by atoms with E-state index in [1.807, 2.05) is 30.3 Å². The van der Waals surface area contributed by atoms with E-state index < -0.39 is 5.97 Å². The largest absolute Gasteiger partial charge is 0.477 e. The highest BCUT2D eigenvalue weighted by Gasteiger charge is 2.13. The van der Waals surface area contributed by atoms with Crippen LogP contribution in [0.25, 0.3) is 10.2 Å². The summed E-state index contributed by atoms with van der Waals surface area (Å²) in [6.07, 6.45) is 0.506. The number of hydrogen-bond acceptors (Lipinski definition) is 4. The van der Waals surface area contributed by atoms with Gasteiger partial charge in [-0.3, -0.25) is 4.79 Å². The van der Waals surface area contributed by atoms with Crippen molar-refractivity contribution in [1.29, 1.82) is 0 Å². The number of nitrogens with zero attached hydrogens (tertiary/aromatic N) is 1. The minimum Gasteiger partial charge on any atom is -0.477 e. The Labute approximate surface area is 117 Å². The predicted molar refractivity (Wildman–Crippen MR) is 76.4 cm³/mol. The van der Waals surface area contributed by atoms with Crippen LogP contribution in [0, 0.1) is 0 Å². The summed E-state index contributed by atoms with van der Waals surface area (Å²) in [4.78, 5) is 30.5. The summed E-state index contributed by atoms with van der Waals surface area (Å²) in [6.45, 7) is 0. The fourth-order valence-corrected chi connectivity index (χ4v) is 2.84. The quantitative estimate of drug-likeness (QED) is 0.773. The van der Waals surface area contributed by atoms with Gasteiger partial charge in [-0.15, -0.1) is 11.3 Å². The summed E-state index contributed by atoms with van der Waals surface area (Å²) in [5, 5.41) is 9.27. The zero-order valence-corrected chi connectivity index (χ0v) is 11.1. The normalized spacial score (nSPS) is 10.8. The molecule has 0 saturated heterocycles. The van der Waals surface area contributed by atoms with Crippen LogP contribution in [0.5, 0.6) is 0 Å². The van der Waals surface area contributed by atoms with E-state index in [9.17, 15) is 9.59 Å². The summed E-state index contributed by atoms with van der Waals surface area (Å²) in [7, 11) is 0. The first-order valence-corrected chi connectivity index (χ1v) is 6.75. The van der Waals surface area contributed by atoms with Crippen molar-refractivity contribution >= 4 is 27.5 Å². The number of fused-ring (bicyclic) bond motifs is 1. The summed E-state index contributed by atoms with van der Waals surface area (Å²) in [6, 6.07) is 11.0. The summed E-state index contributed by atoms with van der Waals surface area (Å²) in [5.41, 5.74) is 0.731. The third-order valence-corrected chi connectivity index (χ3v) is 3.89. The first-order chi connectivity index (χ1) is 9.63. The average molecular weight is 286 g/mol. The number of benzene rings is 1. The molecule has 20 heavy (non-hydrogen) atoms. The van der Waals surface area contributed by atoms with E-state index in [0.717, 1.165) is 16.9 Å². The SMILES string of the molecule is O=C(O)c1cc2c(=O)[nH]c(Cc3ccccc3)nc2s1. The van der Waals surface area contributed by atoms with Gasteiger partial charge >= 0.3 is 5.97 Å². The van der Waals surface area contributed by atoms with Crippen LogP contribution < -0.4 is 5.56 Å². The number of carbonyl (C=O) groups is 1. The van der Waals surface area contributed by atoms with Gasteiger partial charge in [-0.25, -0.2) is 9.78 Å². The second kappa shape index (κ2) is 4.90. The Morgan fingerprint density at radius 2 is 2.05 bits per heavy atom. The number of hydrogen-bond donors (Lipinski definition) is 2. The number of aromatic carboxylic acids is 1. The molecule has 0 bridgehead atoms. The lowest BCUT2D eigenvalue weighted by Gasteiger charge is -2.00. The average Bonchev–Trinajstić information content (AvgIpc) is 2.84. The molecule has 3 rings (SSSR count). The highest BCUT2D eigenvalue weighted by Crippen LogP contribution is 2.21. The number of aromatic amines is 1. The molecule has 6 heteroatoms. The molecule has 0 spiro atoms. The van der Waals surface area contributed by atoms with Gasteiger partial charge in [-0.1, -0.05) is 30.3 Å². The van der Waals surface area contributed by atoms with E-state index in [0.29, 0.717) is 22.5 Å². The van der Waals surface area contributed by atoms with Crippen LogP contribution in [-0.2, 0) is 6.42 Å². The highest BCUT2D eigenvalue weighted by atomic mass is 32.1. The Morgan fingerprint density at radius 1 is 1.30 bits per heavy atom. The first-order valence-electron chi connectivity index (χ1n) is 5.93. The van der Waals surface area contributed by atoms with Crippen molar-refractivity contribution in [2.24, 2.45) is 0 Å². The van der Waals surface area contributed by atoms with Crippen molar-refractivity contribution in [3.8, 4) is 0 Å². The molecule has 0 aliphatic carbocycles. The van der Waals surface area contributed by atoms with Gasteiger partial charge in [-0.05, 0) is 11.6 Å². The second-order valence-electron chi connectivity index (χ2n) is 4.31. The van der Waals surface area contributed by atoms with Crippen molar-refractivity contribution in [3.63, 3.8) is 0 Å². The Bertz CT molecular complexity index is 836. The Morgan fingerprint density at radius 3 is 2.75 bits per heavy atom. The molecule has 0 unspecified atom stereocenters. The topological polar surface area (TPSA) is 83.0 Å². The van der Waals surface area contributed by atoms with E-state index in [-0.39, 0.29) is 10.4 Å². The Kier molecular flexibility index (Phi) is 3.08. The van der Waals surface area contributed by atoms with Gasteiger partial charge in [0.05, 0.1) is 5.39 Å². The lowest BCUT2D eigenvalue weighted by Crippen LogP contribution is -2.10. The van der Waals surface area contributed by atoms with Crippen molar-refractivity contribution in [1.82, 2.24) is 9.97 Å². The molecule has 0 radical (unpaired) electrons. The molecule has 0 atom stereocenters. The summed E-state index contributed by atoms with van der Waals surface area (Å²) >= 11 is 1.01. The molecule has 0 amide bonds. The van der Waals surface area contributed by atoms with Gasteiger partial charge < -0.3 is 10.1 Å². The molecular formula is C14H10N2O3S. The minimum atomic E-state index is -1.04. The lowest BCUT2D eigenvalue weighted by molar-refractivity contribution is 0.0702. The van der Waals surface area contributed by atoms with Gasteiger partial charge in [0, 0.05) is 6.42 Å². The maximum Gasteiger partial charge on any atom is 0.345 e. The summed E-state index contributed by atoms with van der Waals surface area (Å²) < 4.78 is 0. The minimum absolute atomic E-state index is 0.120. The molecular weight excluding hydrogens is 276 g/mol. The molecule has 1 aromatic carbocycles. The van der Waals surface area contributed by atoms with E-state index in [2.05, 4.69) is 9.97 Å². The molecule has 2 aromatic heterocycles. The standard InChI is InChI=1S/C14H10N2O3S/c17-12-9-7-10(14(18)19)20-13(9)16-11(15-12)6-8-4-2-1-3-5-8/h1-5,7H,6H2,(H,18,19)(H,15,16,17). The molecule has 5 nitrogen and oxygen atoms in total. The van der Waals surface area contributed by atoms with Crippen molar-refractivity contribution in [3.05, 3.63) is 63.0 Å². The summed E-state index contributed by atoms with van der Waals surface area (Å²) in [5.74, 6) is -0.510. The van der Waals surface area contributed by atoms with E-state index in [4.69, 9.17) is 5.11 Å². The molecule has 3 aromatic rings. The maximum absolute atomic E-state index is 11.9. The second-order valence-corrected chi connectivity index (χ2v) is 5.34. The molecule has 100 valence electrons. The Balaban J connectivity index is 2.05. The van der Waals surface area contributed by atoms with Crippen LogP contribution in [0.3, 0.4) is 0 Å². The van der Waals surface area contributed by atoms with Crippen molar-refractivity contribution in [2.45, 2.75) is 6.42 Å². The molecule has 0 saturated carbocycles. The number of H-pyrrole nitrogens is 1. The number of carboxylic acids is 1. The fraction of sp³-hybridized carbons (Fsp3) is 0.0714. The van der Waals surface area contributed by atoms with E-state index >= 15 is 0 Å². The molecule has 0 aliphatic heterocycles.